The fourth-order valence-electron chi connectivity index (χ4n) is 1.76. The van der Waals surface area contributed by atoms with Gasteiger partial charge in [-0.3, -0.25) is 0 Å². The lowest BCUT2D eigenvalue weighted by Crippen LogP contribution is -2.04. The van der Waals surface area contributed by atoms with Gasteiger partial charge in [0.25, 0.3) is 0 Å². The summed E-state index contributed by atoms with van der Waals surface area (Å²) in [6.07, 6.45) is 4.34. The van der Waals surface area contributed by atoms with Crippen LogP contribution in [0.1, 0.15) is 32.6 Å². The summed E-state index contributed by atoms with van der Waals surface area (Å²) in [4.78, 5) is 0.626. The molecular weight excluding hydrogens is 260 g/mol. The number of sulfone groups is 1. The van der Waals surface area contributed by atoms with Crippen LogP contribution >= 0.6 is 0 Å². The average molecular weight is 280 g/mol. The monoisotopic (exact) mass is 280 g/mol. The van der Waals surface area contributed by atoms with Crippen LogP contribution < -0.4 is 0 Å². The first-order valence-corrected chi connectivity index (χ1v) is 7.92. The van der Waals surface area contributed by atoms with Crippen molar-refractivity contribution in [2.24, 2.45) is 0 Å². The molecule has 0 fully saturated rings. The zero-order chi connectivity index (χ0) is 14.1. The van der Waals surface area contributed by atoms with Crippen LogP contribution in [0.3, 0.4) is 0 Å². The van der Waals surface area contributed by atoms with Crippen LogP contribution in [-0.2, 0) is 9.84 Å². The highest BCUT2D eigenvalue weighted by Gasteiger charge is 2.19. The molecule has 0 aliphatic rings. The molecule has 1 aromatic rings. The van der Waals surface area contributed by atoms with Gasteiger partial charge in [0, 0.05) is 6.61 Å². The summed E-state index contributed by atoms with van der Waals surface area (Å²) in [6, 6.07) is 8.41. The number of rotatable bonds is 7. The minimum absolute atomic E-state index is 0.147. The molecule has 1 aromatic carbocycles. The molecule has 0 aliphatic carbocycles. The maximum absolute atomic E-state index is 12.4. The van der Waals surface area contributed by atoms with Gasteiger partial charge in [-0.15, -0.1) is 5.73 Å². The van der Waals surface area contributed by atoms with E-state index in [1.54, 1.807) is 43.3 Å². The summed E-state index contributed by atoms with van der Waals surface area (Å²) in [6.45, 7) is 1.91. The highest BCUT2D eigenvalue weighted by atomic mass is 32.2. The molecule has 0 saturated carbocycles. The fraction of sp³-hybridized carbons (Fsp3) is 0.400. The smallest absolute Gasteiger partial charge is 0.210 e. The minimum Gasteiger partial charge on any atom is -0.396 e. The Hall–Kier alpha value is -1.35. The molecular formula is C15H20O3S. The quantitative estimate of drug-likeness (QED) is 0.617. The third kappa shape index (κ3) is 4.67. The van der Waals surface area contributed by atoms with Crippen LogP contribution in [0, 0.1) is 0 Å². The zero-order valence-electron chi connectivity index (χ0n) is 11.2. The van der Waals surface area contributed by atoms with Crippen molar-refractivity contribution >= 4 is 9.84 Å². The lowest BCUT2D eigenvalue weighted by molar-refractivity contribution is 0.283. The maximum Gasteiger partial charge on any atom is 0.210 e. The molecule has 0 unspecified atom stereocenters. The average Bonchev–Trinajstić information content (AvgIpc) is 2.43. The van der Waals surface area contributed by atoms with E-state index in [1.807, 2.05) is 0 Å². The SMILES string of the molecule is CC=C=C(CCCCCO)S(=O)(=O)c1ccccc1. The summed E-state index contributed by atoms with van der Waals surface area (Å²) < 4.78 is 24.8. The predicted molar refractivity (Wildman–Crippen MR) is 76.5 cm³/mol. The summed E-state index contributed by atoms with van der Waals surface area (Å²) in [5.74, 6) is 0. The number of aliphatic hydroxyl groups is 1. The van der Waals surface area contributed by atoms with Crippen LogP contribution in [-0.4, -0.2) is 20.1 Å². The van der Waals surface area contributed by atoms with E-state index < -0.39 is 9.84 Å². The van der Waals surface area contributed by atoms with Crippen molar-refractivity contribution in [3.05, 3.63) is 47.0 Å². The van der Waals surface area contributed by atoms with Gasteiger partial charge in [0.2, 0.25) is 9.84 Å². The van der Waals surface area contributed by atoms with E-state index in [9.17, 15) is 8.42 Å². The molecule has 104 valence electrons. The molecule has 1 rings (SSSR count). The number of aliphatic hydroxyl groups excluding tert-OH is 1. The summed E-state index contributed by atoms with van der Waals surface area (Å²) in [5.41, 5.74) is 2.84. The molecule has 0 aliphatic heterocycles. The second-order valence-electron chi connectivity index (χ2n) is 4.21. The second-order valence-corrected chi connectivity index (χ2v) is 6.18. The molecule has 19 heavy (non-hydrogen) atoms. The Morgan fingerprint density at radius 1 is 1.21 bits per heavy atom. The Kier molecular flexibility index (Phi) is 6.57. The van der Waals surface area contributed by atoms with Crippen LogP contribution in [0.15, 0.2) is 51.9 Å². The molecule has 0 heterocycles. The molecule has 0 amide bonds. The molecule has 0 aromatic heterocycles. The Bertz CT molecular complexity index is 538. The van der Waals surface area contributed by atoms with E-state index in [2.05, 4.69) is 5.73 Å². The van der Waals surface area contributed by atoms with Gasteiger partial charge in [-0.2, -0.15) is 0 Å². The van der Waals surface area contributed by atoms with Crippen molar-refractivity contribution in [1.29, 1.82) is 0 Å². The standard InChI is InChI=1S/C15H20O3S/c1-2-9-14(10-7-4-8-13-16)19(17,18)15-11-5-3-6-12-15/h2-3,5-6,11-12,16H,4,7-8,10,13H2,1H3. The van der Waals surface area contributed by atoms with E-state index in [4.69, 9.17) is 5.11 Å². The van der Waals surface area contributed by atoms with E-state index in [1.165, 1.54) is 0 Å². The Labute approximate surface area is 115 Å². The van der Waals surface area contributed by atoms with Crippen LogP contribution in [0.5, 0.6) is 0 Å². The van der Waals surface area contributed by atoms with Gasteiger partial charge in [-0.25, -0.2) is 8.42 Å². The lowest BCUT2D eigenvalue weighted by Gasteiger charge is -2.07. The summed E-state index contributed by atoms with van der Waals surface area (Å²) in [7, 11) is -3.44. The third-order valence-electron chi connectivity index (χ3n) is 2.75. The maximum atomic E-state index is 12.4. The van der Waals surface area contributed by atoms with Gasteiger partial charge in [0.15, 0.2) is 0 Å². The van der Waals surface area contributed by atoms with Crippen molar-refractivity contribution in [1.82, 2.24) is 0 Å². The topological polar surface area (TPSA) is 54.4 Å². The van der Waals surface area contributed by atoms with Crippen LogP contribution in [0.4, 0.5) is 0 Å². The van der Waals surface area contributed by atoms with Crippen molar-refractivity contribution in [2.75, 3.05) is 6.61 Å². The highest BCUT2D eigenvalue weighted by Crippen LogP contribution is 2.22. The van der Waals surface area contributed by atoms with E-state index in [-0.39, 0.29) is 6.61 Å². The Morgan fingerprint density at radius 3 is 2.47 bits per heavy atom. The fourth-order valence-corrected chi connectivity index (χ4v) is 3.25. The second kappa shape index (κ2) is 7.95. The number of unbranched alkanes of at least 4 members (excludes halogenated alkanes) is 2. The van der Waals surface area contributed by atoms with Gasteiger partial charge >= 0.3 is 0 Å². The van der Waals surface area contributed by atoms with Gasteiger partial charge in [0.05, 0.1) is 9.80 Å². The Morgan fingerprint density at radius 2 is 1.89 bits per heavy atom. The molecule has 1 N–H and O–H groups in total. The molecule has 0 radical (unpaired) electrons. The minimum atomic E-state index is -3.44. The van der Waals surface area contributed by atoms with Crippen LogP contribution in [0.2, 0.25) is 0 Å². The molecule has 4 heteroatoms. The highest BCUT2D eigenvalue weighted by molar-refractivity contribution is 7.95. The Balaban J connectivity index is 2.91. The lowest BCUT2D eigenvalue weighted by atomic mass is 10.2. The van der Waals surface area contributed by atoms with Crippen molar-refractivity contribution in [3.63, 3.8) is 0 Å². The van der Waals surface area contributed by atoms with Gasteiger partial charge in [0.1, 0.15) is 0 Å². The van der Waals surface area contributed by atoms with Crippen molar-refractivity contribution < 1.29 is 13.5 Å². The largest absolute Gasteiger partial charge is 0.396 e. The summed E-state index contributed by atoms with van der Waals surface area (Å²) in [5, 5.41) is 8.73. The molecule has 0 spiro atoms. The molecule has 3 nitrogen and oxygen atoms in total. The van der Waals surface area contributed by atoms with Crippen molar-refractivity contribution in [2.45, 2.75) is 37.5 Å². The normalized spacial score (nSPS) is 10.8. The first-order valence-electron chi connectivity index (χ1n) is 6.44. The number of benzene rings is 1. The molecule has 0 atom stereocenters. The van der Waals surface area contributed by atoms with Crippen molar-refractivity contribution in [3.8, 4) is 0 Å². The van der Waals surface area contributed by atoms with Gasteiger partial charge < -0.3 is 5.11 Å². The summed E-state index contributed by atoms with van der Waals surface area (Å²) >= 11 is 0. The first-order chi connectivity index (χ1) is 9.12. The predicted octanol–water partition coefficient (Wildman–Crippen LogP) is 3.07. The van der Waals surface area contributed by atoms with Gasteiger partial charge in [-0.1, -0.05) is 24.6 Å². The molecule has 0 bridgehead atoms. The van der Waals surface area contributed by atoms with E-state index in [0.717, 1.165) is 12.8 Å². The van der Waals surface area contributed by atoms with Crippen LogP contribution in [0.25, 0.3) is 0 Å². The number of hydrogen-bond donors (Lipinski definition) is 1. The zero-order valence-corrected chi connectivity index (χ0v) is 12.0. The van der Waals surface area contributed by atoms with Gasteiger partial charge in [-0.05, 0) is 44.4 Å². The number of allylic oxidation sites excluding steroid dienone is 1. The van der Waals surface area contributed by atoms with E-state index in [0.29, 0.717) is 22.6 Å². The first kappa shape index (κ1) is 15.7. The molecule has 0 saturated heterocycles. The third-order valence-corrected chi connectivity index (χ3v) is 4.61. The number of hydrogen-bond acceptors (Lipinski definition) is 3. The van der Waals surface area contributed by atoms with E-state index >= 15 is 0 Å².